The summed E-state index contributed by atoms with van der Waals surface area (Å²) in [6.45, 7) is 3.72. The minimum Gasteiger partial charge on any atom is -0.356 e. The first-order chi connectivity index (χ1) is 13.7. The van der Waals surface area contributed by atoms with Crippen LogP contribution in [-0.2, 0) is 11.2 Å². The predicted molar refractivity (Wildman–Crippen MR) is 109 cm³/mol. The third-order valence-corrected chi connectivity index (χ3v) is 5.23. The number of benzene rings is 1. The molecule has 0 bridgehead atoms. The number of carbonyl (C=O) groups excluding carboxylic acids is 1. The lowest BCUT2D eigenvalue weighted by Crippen LogP contribution is -2.38. The van der Waals surface area contributed by atoms with Crippen LogP contribution in [0.25, 0.3) is 5.82 Å². The maximum Gasteiger partial charge on any atom is 0.227 e. The van der Waals surface area contributed by atoms with Crippen molar-refractivity contribution in [2.24, 2.45) is 5.92 Å². The first-order valence-corrected chi connectivity index (χ1v) is 9.68. The Kier molecular flexibility index (Phi) is 5.32. The molecule has 144 valence electrons. The van der Waals surface area contributed by atoms with Crippen molar-refractivity contribution in [2.45, 2.75) is 26.2 Å². The number of nitrogens with one attached hydrogen (secondary N) is 1. The summed E-state index contributed by atoms with van der Waals surface area (Å²) in [6, 6.07) is 10.0. The molecule has 1 aliphatic heterocycles. The van der Waals surface area contributed by atoms with Gasteiger partial charge in [-0.2, -0.15) is 0 Å². The van der Waals surface area contributed by atoms with Gasteiger partial charge in [-0.25, -0.2) is 15.0 Å². The van der Waals surface area contributed by atoms with Gasteiger partial charge in [0, 0.05) is 43.2 Å². The molecule has 0 saturated carbocycles. The Bertz CT molecular complexity index is 914. The number of hydrogen-bond acceptors (Lipinski definition) is 5. The van der Waals surface area contributed by atoms with Gasteiger partial charge >= 0.3 is 0 Å². The summed E-state index contributed by atoms with van der Waals surface area (Å²) < 4.78 is 1.86. The molecule has 1 N–H and O–H groups in total. The third kappa shape index (κ3) is 4.03. The van der Waals surface area contributed by atoms with E-state index in [4.69, 9.17) is 0 Å². The van der Waals surface area contributed by atoms with E-state index in [0.717, 1.165) is 49.7 Å². The highest BCUT2D eigenvalue weighted by molar-refractivity contribution is 5.92. The van der Waals surface area contributed by atoms with Crippen molar-refractivity contribution in [3.63, 3.8) is 0 Å². The van der Waals surface area contributed by atoms with Crippen LogP contribution in [0.5, 0.6) is 0 Å². The van der Waals surface area contributed by atoms with Gasteiger partial charge in [0.05, 0.1) is 0 Å². The summed E-state index contributed by atoms with van der Waals surface area (Å²) in [4.78, 5) is 27.6. The van der Waals surface area contributed by atoms with Crippen LogP contribution >= 0.6 is 0 Å². The molecule has 1 saturated heterocycles. The summed E-state index contributed by atoms with van der Waals surface area (Å²) >= 11 is 0. The predicted octanol–water partition coefficient (Wildman–Crippen LogP) is 3.08. The summed E-state index contributed by atoms with van der Waals surface area (Å²) in [5, 5.41) is 3.05. The van der Waals surface area contributed by atoms with Crippen LogP contribution in [0.2, 0.25) is 0 Å². The highest BCUT2D eigenvalue weighted by Gasteiger charge is 2.26. The molecule has 2 aromatic heterocycles. The summed E-state index contributed by atoms with van der Waals surface area (Å²) in [6.07, 6.45) is 9.49. The van der Waals surface area contributed by atoms with Gasteiger partial charge in [0.2, 0.25) is 5.91 Å². The Balaban J connectivity index is 1.35. The van der Waals surface area contributed by atoms with E-state index in [9.17, 15) is 4.79 Å². The van der Waals surface area contributed by atoms with Crippen LogP contribution < -0.4 is 10.2 Å². The van der Waals surface area contributed by atoms with E-state index >= 15 is 0 Å². The summed E-state index contributed by atoms with van der Waals surface area (Å²) in [5.74, 6) is 1.80. The fourth-order valence-electron chi connectivity index (χ4n) is 3.48. The number of piperidine rings is 1. The van der Waals surface area contributed by atoms with E-state index < -0.39 is 0 Å². The van der Waals surface area contributed by atoms with Gasteiger partial charge in [-0.1, -0.05) is 19.1 Å². The normalized spacial score (nSPS) is 14.8. The fraction of sp³-hybridized carbons (Fsp3) is 0.333. The molecule has 0 unspecified atom stereocenters. The van der Waals surface area contributed by atoms with Crippen LogP contribution in [0.1, 0.15) is 25.3 Å². The zero-order chi connectivity index (χ0) is 19.3. The number of imidazole rings is 1. The summed E-state index contributed by atoms with van der Waals surface area (Å²) in [7, 11) is 0. The molecular weight excluding hydrogens is 352 g/mol. The number of rotatable bonds is 5. The zero-order valence-corrected chi connectivity index (χ0v) is 16.0. The van der Waals surface area contributed by atoms with Crippen LogP contribution in [0.15, 0.2) is 55.4 Å². The van der Waals surface area contributed by atoms with Crippen molar-refractivity contribution in [2.75, 3.05) is 23.3 Å². The highest BCUT2D eigenvalue weighted by Crippen LogP contribution is 2.24. The Morgan fingerprint density at radius 2 is 1.89 bits per heavy atom. The standard InChI is InChI=1S/C21H24N6O/c1-2-16-3-5-18(6-4-16)25-21(28)17-7-10-26(11-8-17)19-13-20(24-14-23-19)27-12-9-22-15-27/h3-6,9,12-15,17H,2,7-8,10-11H2,1H3,(H,25,28). The lowest BCUT2D eigenvalue weighted by Gasteiger charge is -2.32. The monoisotopic (exact) mass is 376 g/mol. The van der Waals surface area contributed by atoms with Gasteiger partial charge in [-0.05, 0) is 37.0 Å². The number of amides is 1. The lowest BCUT2D eigenvalue weighted by atomic mass is 9.95. The van der Waals surface area contributed by atoms with E-state index in [2.05, 4.69) is 44.2 Å². The lowest BCUT2D eigenvalue weighted by molar-refractivity contribution is -0.120. The van der Waals surface area contributed by atoms with Gasteiger partial charge in [0.25, 0.3) is 0 Å². The average Bonchev–Trinajstić information content (AvgIpc) is 3.29. The van der Waals surface area contributed by atoms with Crippen molar-refractivity contribution in [3.8, 4) is 5.82 Å². The molecule has 1 amide bonds. The van der Waals surface area contributed by atoms with Crippen molar-refractivity contribution >= 4 is 17.4 Å². The van der Waals surface area contributed by atoms with Crippen LogP contribution in [0, 0.1) is 5.92 Å². The first-order valence-electron chi connectivity index (χ1n) is 9.68. The van der Waals surface area contributed by atoms with Crippen molar-refractivity contribution in [1.82, 2.24) is 19.5 Å². The van der Waals surface area contributed by atoms with Crippen molar-refractivity contribution in [3.05, 3.63) is 60.9 Å². The van der Waals surface area contributed by atoms with E-state index in [1.807, 2.05) is 29.0 Å². The number of carbonyl (C=O) groups is 1. The molecule has 28 heavy (non-hydrogen) atoms. The second-order valence-corrected chi connectivity index (χ2v) is 7.01. The maximum absolute atomic E-state index is 12.6. The Hall–Kier alpha value is -3.22. The topological polar surface area (TPSA) is 75.9 Å². The number of nitrogens with zero attached hydrogens (tertiary/aromatic N) is 5. The largest absolute Gasteiger partial charge is 0.356 e. The second kappa shape index (κ2) is 8.21. The smallest absolute Gasteiger partial charge is 0.227 e. The number of aromatic nitrogens is 4. The van der Waals surface area contributed by atoms with E-state index in [0.29, 0.717) is 0 Å². The van der Waals surface area contributed by atoms with Crippen molar-refractivity contribution in [1.29, 1.82) is 0 Å². The van der Waals surface area contributed by atoms with Gasteiger partial charge < -0.3 is 10.2 Å². The minimum absolute atomic E-state index is 0.0251. The number of aryl methyl sites for hydroxylation is 1. The zero-order valence-electron chi connectivity index (χ0n) is 16.0. The Labute approximate surface area is 164 Å². The summed E-state index contributed by atoms with van der Waals surface area (Å²) in [5.41, 5.74) is 2.14. The first kappa shape index (κ1) is 18.2. The molecule has 7 heteroatoms. The fourth-order valence-corrected chi connectivity index (χ4v) is 3.48. The quantitative estimate of drug-likeness (QED) is 0.741. The molecule has 1 fully saturated rings. The molecule has 0 radical (unpaired) electrons. The van der Waals surface area contributed by atoms with Crippen LogP contribution in [0.3, 0.4) is 0 Å². The molecule has 4 rings (SSSR count). The Morgan fingerprint density at radius 3 is 2.57 bits per heavy atom. The van der Waals surface area contributed by atoms with Gasteiger partial charge in [0.1, 0.15) is 24.3 Å². The van der Waals surface area contributed by atoms with E-state index in [1.165, 1.54) is 5.56 Å². The molecular formula is C21H24N6O. The van der Waals surface area contributed by atoms with E-state index in [1.54, 1.807) is 18.9 Å². The molecule has 3 heterocycles. The van der Waals surface area contributed by atoms with Gasteiger partial charge in [0.15, 0.2) is 0 Å². The van der Waals surface area contributed by atoms with Crippen LogP contribution in [-0.4, -0.2) is 38.5 Å². The SMILES string of the molecule is CCc1ccc(NC(=O)C2CCN(c3cc(-n4ccnc4)ncn3)CC2)cc1. The second-order valence-electron chi connectivity index (χ2n) is 7.01. The highest BCUT2D eigenvalue weighted by atomic mass is 16.1. The molecule has 0 aliphatic carbocycles. The molecule has 0 atom stereocenters. The minimum atomic E-state index is 0.0251. The van der Waals surface area contributed by atoms with Gasteiger partial charge in [-0.3, -0.25) is 9.36 Å². The molecule has 1 aromatic carbocycles. The van der Waals surface area contributed by atoms with Gasteiger partial charge in [-0.15, -0.1) is 0 Å². The third-order valence-electron chi connectivity index (χ3n) is 5.23. The molecule has 1 aliphatic rings. The molecule has 3 aromatic rings. The molecule has 7 nitrogen and oxygen atoms in total. The number of hydrogen-bond donors (Lipinski definition) is 1. The average molecular weight is 376 g/mol. The number of anilines is 2. The Morgan fingerprint density at radius 1 is 1.14 bits per heavy atom. The van der Waals surface area contributed by atoms with E-state index in [-0.39, 0.29) is 11.8 Å². The van der Waals surface area contributed by atoms with Crippen molar-refractivity contribution < 1.29 is 4.79 Å². The maximum atomic E-state index is 12.6. The van der Waals surface area contributed by atoms with Crippen LogP contribution in [0.4, 0.5) is 11.5 Å². The molecule has 0 spiro atoms.